The number of rotatable bonds is 5. The molecule has 3 N–H and O–H groups in total. The lowest BCUT2D eigenvalue weighted by molar-refractivity contribution is 0.0690. The van der Waals surface area contributed by atoms with Crippen LogP contribution in [0.15, 0.2) is 18.2 Å². The van der Waals surface area contributed by atoms with E-state index in [1.165, 1.54) is 6.07 Å². The van der Waals surface area contributed by atoms with Gasteiger partial charge in [0.1, 0.15) is 5.69 Å². The summed E-state index contributed by atoms with van der Waals surface area (Å²) in [6.45, 7) is 1.73. The first-order valence-electron chi connectivity index (χ1n) is 5.00. The van der Waals surface area contributed by atoms with E-state index >= 15 is 0 Å². The van der Waals surface area contributed by atoms with Crippen molar-refractivity contribution in [2.45, 2.75) is 13.3 Å². The van der Waals surface area contributed by atoms with Gasteiger partial charge in [0.25, 0.3) is 0 Å². The largest absolute Gasteiger partial charge is 0.477 e. The Bertz CT molecular complexity index is 400. The van der Waals surface area contributed by atoms with Crippen LogP contribution in [0, 0.1) is 11.3 Å². The molecular weight excluding hydrogens is 208 g/mol. The monoisotopic (exact) mass is 222 g/mol. The summed E-state index contributed by atoms with van der Waals surface area (Å²) >= 11 is 0. The van der Waals surface area contributed by atoms with Crippen molar-refractivity contribution in [1.29, 1.82) is 5.41 Å². The second-order valence-corrected chi connectivity index (χ2v) is 3.41. The number of nitrogens with one attached hydrogen (secondary N) is 1. The van der Waals surface area contributed by atoms with Gasteiger partial charge < -0.3 is 15.6 Å². The molecule has 16 heavy (non-hydrogen) atoms. The van der Waals surface area contributed by atoms with Gasteiger partial charge in [-0.05, 0) is 18.6 Å². The van der Waals surface area contributed by atoms with E-state index in [1.54, 1.807) is 12.1 Å². The topological polar surface area (TPSA) is 94.3 Å². The van der Waals surface area contributed by atoms with Crippen LogP contribution in [0.1, 0.15) is 29.5 Å². The van der Waals surface area contributed by atoms with E-state index < -0.39 is 5.97 Å². The van der Waals surface area contributed by atoms with Crippen LogP contribution in [0.25, 0.3) is 0 Å². The first kappa shape index (κ1) is 12.3. The van der Waals surface area contributed by atoms with E-state index in [2.05, 4.69) is 4.98 Å². The Morgan fingerprint density at radius 1 is 1.50 bits per heavy atom. The third-order valence-electron chi connectivity index (χ3n) is 2.37. The van der Waals surface area contributed by atoms with Crippen molar-refractivity contribution in [3.05, 3.63) is 29.6 Å². The molecule has 1 heterocycles. The lowest BCUT2D eigenvalue weighted by Crippen LogP contribution is -2.20. The number of aliphatic hydroxyl groups is 1. The van der Waals surface area contributed by atoms with Crippen LogP contribution in [0.4, 0.5) is 0 Å². The number of aromatic nitrogens is 1. The maximum absolute atomic E-state index is 10.7. The molecule has 0 bridgehead atoms. The van der Waals surface area contributed by atoms with Gasteiger partial charge in [0.2, 0.25) is 0 Å². The number of carboxylic acids is 1. The SMILES string of the molecule is CC[C@H](CO)C(=N)c1cccc(C(=O)O)n1. The van der Waals surface area contributed by atoms with Crippen molar-refractivity contribution in [2.75, 3.05) is 6.61 Å². The molecule has 0 aliphatic carbocycles. The first-order chi connectivity index (χ1) is 7.60. The maximum atomic E-state index is 10.7. The minimum atomic E-state index is -1.12. The molecule has 0 aromatic carbocycles. The zero-order chi connectivity index (χ0) is 12.1. The molecule has 86 valence electrons. The van der Waals surface area contributed by atoms with Crippen molar-refractivity contribution in [2.24, 2.45) is 5.92 Å². The minimum Gasteiger partial charge on any atom is -0.477 e. The van der Waals surface area contributed by atoms with Gasteiger partial charge in [-0.2, -0.15) is 0 Å². The van der Waals surface area contributed by atoms with Gasteiger partial charge in [-0.3, -0.25) is 0 Å². The fourth-order valence-electron chi connectivity index (χ4n) is 1.34. The van der Waals surface area contributed by atoms with Crippen LogP contribution in [0.5, 0.6) is 0 Å². The summed E-state index contributed by atoms with van der Waals surface area (Å²) in [4.78, 5) is 14.6. The molecule has 5 nitrogen and oxygen atoms in total. The molecule has 0 aliphatic heterocycles. The molecule has 1 aromatic rings. The highest BCUT2D eigenvalue weighted by atomic mass is 16.4. The molecule has 0 saturated carbocycles. The molecule has 0 unspecified atom stereocenters. The molecule has 0 amide bonds. The predicted octanol–water partition coefficient (Wildman–Crippen LogP) is 1.17. The number of carbonyl (C=O) groups is 1. The average Bonchev–Trinajstić information content (AvgIpc) is 2.30. The maximum Gasteiger partial charge on any atom is 0.354 e. The Morgan fingerprint density at radius 2 is 2.12 bits per heavy atom. The molecule has 0 spiro atoms. The number of hydrogen-bond donors (Lipinski definition) is 3. The van der Waals surface area contributed by atoms with Gasteiger partial charge in [0.15, 0.2) is 0 Å². The van der Waals surface area contributed by atoms with Gasteiger partial charge in [-0.15, -0.1) is 0 Å². The molecule has 0 fully saturated rings. The predicted molar refractivity (Wildman–Crippen MR) is 58.9 cm³/mol. The van der Waals surface area contributed by atoms with Crippen molar-refractivity contribution in [3.63, 3.8) is 0 Å². The Morgan fingerprint density at radius 3 is 2.62 bits per heavy atom. The molecule has 0 aliphatic rings. The van der Waals surface area contributed by atoms with Gasteiger partial charge in [0.05, 0.1) is 18.0 Å². The van der Waals surface area contributed by atoms with Crippen LogP contribution in [-0.4, -0.2) is 33.5 Å². The van der Waals surface area contributed by atoms with Crippen molar-refractivity contribution < 1.29 is 15.0 Å². The highest BCUT2D eigenvalue weighted by Crippen LogP contribution is 2.10. The van der Waals surface area contributed by atoms with E-state index in [0.717, 1.165) is 0 Å². The van der Waals surface area contributed by atoms with E-state index in [4.69, 9.17) is 15.6 Å². The molecule has 1 atom stereocenters. The third kappa shape index (κ3) is 2.64. The van der Waals surface area contributed by atoms with Crippen LogP contribution >= 0.6 is 0 Å². The van der Waals surface area contributed by atoms with Crippen LogP contribution in [-0.2, 0) is 0 Å². The van der Waals surface area contributed by atoms with Gasteiger partial charge in [-0.1, -0.05) is 13.0 Å². The zero-order valence-electron chi connectivity index (χ0n) is 8.97. The fraction of sp³-hybridized carbons (Fsp3) is 0.364. The summed E-state index contributed by atoms with van der Waals surface area (Å²) in [7, 11) is 0. The number of aromatic carboxylic acids is 1. The molecule has 0 saturated heterocycles. The van der Waals surface area contributed by atoms with Crippen LogP contribution < -0.4 is 0 Å². The number of aliphatic hydroxyl groups excluding tert-OH is 1. The van der Waals surface area contributed by atoms with Crippen molar-refractivity contribution >= 4 is 11.7 Å². The highest BCUT2D eigenvalue weighted by molar-refractivity contribution is 5.99. The zero-order valence-corrected chi connectivity index (χ0v) is 8.97. The second kappa shape index (κ2) is 5.37. The summed E-state index contributed by atoms with van der Waals surface area (Å²) in [6, 6.07) is 4.50. The van der Waals surface area contributed by atoms with Crippen molar-refractivity contribution in [1.82, 2.24) is 4.98 Å². The van der Waals surface area contributed by atoms with E-state index in [1.807, 2.05) is 6.92 Å². The molecule has 1 rings (SSSR count). The first-order valence-corrected chi connectivity index (χ1v) is 5.00. The van der Waals surface area contributed by atoms with E-state index in [9.17, 15) is 4.79 Å². The number of pyridine rings is 1. The summed E-state index contributed by atoms with van der Waals surface area (Å²) in [5.74, 6) is -1.41. The fourth-order valence-corrected chi connectivity index (χ4v) is 1.34. The lowest BCUT2D eigenvalue weighted by atomic mass is 9.98. The highest BCUT2D eigenvalue weighted by Gasteiger charge is 2.15. The number of nitrogens with zero attached hydrogens (tertiary/aromatic N) is 1. The number of hydrogen-bond acceptors (Lipinski definition) is 4. The Hall–Kier alpha value is -1.75. The average molecular weight is 222 g/mol. The standard InChI is InChI=1S/C11H14N2O3/c1-2-7(6-14)10(12)8-4-3-5-9(13-8)11(15)16/h3-5,7,12,14H,2,6H2,1H3,(H,15,16)/t7-/m1/s1. The Kier molecular flexibility index (Phi) is 4.13. The second-order valence-electron chi connectivity index (χ2n) is 3.41. The van der Waals surface area contributed by atoms with Gasteiger partial charge in [0, 0.05) is 5.92 Å². The lowest BCUT2D eigenvalue weighted by Gasteiger charge is -2.12. The Balaban J connectivity index is 3.00. The summed E-state index contributed by atoms with van der Waals surface area (Å²) < 4.78 is 0. The van der Waals surface area contributed by atoms with Gasteiger partial charge in [-0.25, -0.2) is 9.78 Å². The molecule has 1 aromatic heterocycles. The van der Waals surface area contributed by atoms with Gasteiger partial charge >= 0.3 is 5.97 Å². The normalized spacial score (nSPS) is 12.1. The van der Waals surface area contributed by atoms with E-state index in [-0.39, 0.29) is 23.9 Å². The van der Waals surface area contributed by atoms with E-state index in [0.29, 0.717) is 12.1 Å². The Labute approximate surface area is 93.3 Å². The summed E-state index contributed by atoms with van der Waals surface area (Å²) in [5, 5.41) is 25.6. The number of carboxylic acid groups (broad SMARTS) is 1. The third-order valence-corrected chi connectivity index (χ3v) is 2.37. The quantitative estimate of drug-likeness (QED) is 0.652. The molecule has 5 heteroatoms. The molecular formula is C11H14N2O3. The van der Waals surface area contributed by atoms with Crippen molar-refractivity contribution in [3.8, 4) is 0 Å². The summed E-state index contributed by atoms with van der Waals surface area (Å²) in [5.41, 5.74) is 0.393. The molecule has 0 radical (unpaired) electrons. The summed E-state index contributed by atoms with van der Waals surface area (Å²) in [6.07, 6.45) is 0.619. The minimum absolute atomic E-state index is 0.0879. The van der Waals surface area contributed by atoms with Crippen LogP contribution in [0.3, 0.4) is 0 Å². The van der Waals surface area contributed by atoms with Crippen LogP contribution in [0.2, 0.25) is 0 Å². The smallest absolute Gasteiger partial charge is 0.354 e.